The van der Waals surface area contributed by atoms with Crippen LogP contribution in [0.1, 0.15) is 5.56 Å². The van der Waals surface area contributed by atoms with Crippen molar-refractivity contribution in [2.24, 2.45) is 10.2 Å². The number of amides is 1. The summed E-state index contributed by atoms with van der Waals surface area (Å²) in [6, 6.07) is 8.83. The first-order valence-electron chi connectivity index (χ1n) is 3.74. The molecule has 0 aromatic heterocycles. The van der Waals surface area contributed by atoms with Gasteiger partial charge in [0, 0.05) is 0 Å². The van der Waals surface area contributed by atoms with Gasteiger partial charge in [-0.05, 0) is 5.56 Å². The van der Waals surface area contributed by atoms with Crippen LogP contribution >= 0.6 is 0 Å². The van der Waals surface area contributed by atoms with E-state index in [1.54, 1.807) is 24.3 Å². The number of carbonyl (C=O) groups is 1. The van der Waals surface area contributed by atoms with E-state index in [-0.39, 0.29) is 11.5 Å². The number of hydrogen-bond donors (Lipinski definition) is 1. The first-order chi connectivity index (χ1) is 6.29. The lowest BCUT2D eigenvalue weighted by Crippen LogP contribution is -1.95. The molecule has 1 aliphatic heterocycles. The molecule has 1 amide bonds. The molecule has 1 aromatic rings. The molecule has 4 nitrogen and oxygen atoms in total. The molecule has 2 rings (SSSR count). The topological polar surface area (TPSA) is 62.0 Å². The van der Waals surface area contributed by atoms with Crippen molar-refractivity contribution in [1.29, 1.82) is 0 Å². The van der Waals surface area contributed by atoms with Crippen molar-refractivity contribution < 1.29 is 9.90 Å². The lowest BCUT2D eigenvalue weighted by Gasteiger charge is -1.97. The molecule has 4 heteroatoms. The summed E-state index contributed by atoms with van der Waals surface area (Å²) in [7, 11) is 0. The first-order valence-corrected chi connectivity index (χ1v) is 3.74. The standard InChI is InChI=1S/C9H6N2O2/c12-8-7(9(13)11-10-8)6-4-2-1-3-5-6/h1-5,12H. The van der Waals surface area contributed by atoms with Crippen LogP contribution in [-0.2, 0) is 4.79 Å². The number of nitrogens with zero attached hydrogens (tertiary/aromatic N) is 2. The molecular weight excluding hydrogens is 168 g/mol. The number of rotatable bonds is 1. The second kappa shape index (κ2) is 2.82. The molecule has 1 N–H and O–H groups in total. The van der Waals surface area contributed by atoms with Gasteiger partial charge < -0.3 is 5.11 Å². The van der Waals surface area contributed by atoms with Crippen LogP contribution in [0.4, 0.5) is 0 Å². The van der Waals surface area contributed by atoms with E-state index in [0.717, 1.165) is 0 Å². The number of hydrogen-bond acceptors (Lipinski definition) is 3. The molecule has 13 heavy (non-hydrogen) atoms. The fourth-order valence-corrected chi connectivity index (χ4v) is 1.15. The number of azo groups is 1. The summed E-state index contributed by atoms with van der Waals surface area (Å²) in [6.07, 6.45) is 0. The highest BCUT2D eigenvalue weighted by atomic mass is 16.3. The SMILES string of the molecule is O=C1N=NC(O)=C1c1ccccc1. The summed E-state index contributed by atoms with van der Waals surface area (Å²) in [6.45, 7) is 0. The molecule has 64 valence electrons. The summed E-state index contributed by atoms with van der Waals surface area (Å²) in [5.41, 5.74) is 0.801. The molecule has 0 aliphatic carbocycles. The zero-order valence-electron chi connectivity index (χ0n) is 6.64. The Morgan fingerprint density at radius 3 is 2.31 bits per heavy atom. The van der Waals surface area contributed by atoms with Crippen molar-refractivity contribution in [2.45, 2.75) is 0 Å². The van der Waals surface area contributed by atoms with Crippen molar-refractivity contribution in [2.75, 3.05) is 0 Å². The molecule has 0 spiro atoms. The normalized spacial score (nSPS) is 15.5. The molecule has 1 aliphatic rings. The van der Waals surface area contributed by atoms with Crippen LogP contribution in [0, 0.1) is 0 Å². The van der Waals surface area contributed by atoms with Crippen molar-refractivity contribution in [1.82, 2.24) is 0 Å². The maximum absolute atomic E-state index is 11.1. The van der Waals surface area contributed by atoms with Gasteiger partial charge in [-0.25, -0.2) is 0 Å². The van der Waals surface area contributed by atoms with E-state index in [1.807, 2.05) is 6.07 Å². The Labute approximate surface area is 74.2 Å². The van der Waals surface area contributed by atoms with Crippen LogP contribution in [0.25, 0.3) is 5.57 Å². The second-order valence-corrected chi connectivity index (χ2v) is 2.57. The number of carbonyl (C=O) groups excluding carboxylic acids is 1. The van der Waals surface area contributed by atoms with Gasteiger partial charge in [-0.2, -0.15) is 0 Å². The highest BCUT2D eigenvalue weighted by Gasteiger charge is 2.22. The Morgan fingerprint density at radius 2 is 1.77 bits per heavy atom. The summed E-state index contributed by atoms with van der Waals surface area (Å²) in [5, 5.41) is 15.7. The van der Waals surface area contributed by atoms with Crippen molar-refractivity contribution in [3.05, 3.63) is 41.8 Å². The number of benzene rings is 1. The van der Waals surface area contributed by atoms with Crippen molar-refractivity contribution >= 4 is 11.5 Å². The van der Waals surface area contributed by atoms with E-state index < -0.39 is 5.91 Å². The predicted octanol–water partition coefficient (Wildman–Crippen LogP) is 1.91. The van der Waals surface area contributed by atoms with Crippen LogP contribution in [0.3, 0.4) is 0 Å². The van der Waals surface area contributed by atoms with Crippen LogP contribution < -0.4 is 0 Å². The van der Waals surface area contributed by atoms with Crippen LogP contribution in [0.2, 0.25) is 0 Å². The quantitative estimate of drug-likeness (QED) is 0.706. The van der Waals surface area contributed by atoms with E-state index in [4.69, 9.17) is 0 Å². The van der Waals surface area contributed by atoms with Crippen molar-refractivity contribution in [3.8, 4) is 0 Å². The first kappa shape index (κ1) is 7.67. The lowest BCUT2D eigenvalue weighted by molar-refractivity contribution is -0.112. The molecular formula is C9H6N2O2. The summed E-state index contributed by atoms with van der Waals surface area (Å²) in [5.74, 6) is -0.806. The summed E-state index contributed by atoms with van der Waals surface area (Å²) < 4.78 is 0. The summed E-state index contributed by atoms with van der Waals surface area (Å²) >= 11 is 0. The van der Waals surface area contributed by atoms with Gasteiger partial charge in [-0.15, -0.1) is 10.2 Å². The Balaban J connectivity index is 2.50. The third-order valence-electron chi connectivity index (χ3n) is 1.74. The average molecular weight is 174 g/mol. The molecule has 0 radical (unpaired) electrons. The summed E-state index contributed by atoms with van der Waals surface area (Å²) in [4.78, 5) is 11.1. The Hall–Kier alpha value is -1.97. The van der Waals surface area contributed by atoms with E-state index in [2.05, 4.69) is 10.2 Å². The van der Waals surface area contributed by atoms with Gasteiger partial charge in [0.25, 0.3) is 0 Å². The van der Waals surface area contributed by atoms with Gasteiger partial charge in [0.05, 0.1) is 0 Å². The highest BCUT2D eigenvalue weighted by molar-refractivity contribution is 6.21. The van der Waals surface area contributed by atoms with Crippen molar-refractivity contribution in [3.63, 3.8) is 0 Å². The monoisotopic (exact) mass is 174 g/mol. The largest absolute Gasteiger partial charge is 0.492 e. The lowest BCUT2D eigenvalue weighted by atomic mass is 10.1. The average Bonchev–Trinajstić information content (AvgIpc) is 2.48. The number of aliphatic hydroxyl groups is 1. The molecule has 0 saturated carbocycles. The third-order valence-corrected chi connectivity index (χ3v) is 1.74. The van der Waals surface area contributed by atoms with E-state index >= 15 is 0 Å². The van der Waals surface area contributed by atoms with Crippen LogP contribution in [-0.4, -0.2) is 11.0 Å². The van der Waals surface area contributed by atoms with E-state index in [9.17, 15) is 9.90 Å². The molecule has 0 saturated heterocycles. The second-order valence-electron chi connectivity index (χ2n) is 2.57. The Morgan fingerprint density at radius 1 is 1.08 bits per heavy atom. The van der Waals surface area contributed by atoms with Gasteiger partial charge in [0.15, 0.2) is 0 Å². The minimum Gasteiger partial charge on any atom is -0.492 e. The smallest absolute Gasteiger partial charge is 0.301 e. The van der Waals surface area contributed by atoms with Gasteiger partial charge in [-0.3, -0.25) is 4.79 Å². The Kier molecular flexibility index (Phi) is 1.66. The van der Waals surface area contributed by atoms with Gasteiger partial charge >= 0.3 is 5.91 Å². The zero-order valence-corrected chi connectivity index (χ0v) is 6.64. The minimum atomic E-state index is -0.497. The maximum atomic E-state index is 11.1. The fourth-order valence-electron chi connectivity index (χ4n) is 1.15. The Bertz CT molecular complexity index is 407. The molecule has 1 aromatic carbocycles. The van der Waals surface area contributed by atoms with Gasteiger partial charge in [-0.1, -0.05) is 30.3 Å². The predicted molar refractivity (Wildman–Crippen MR) is 45.9 cm³/mol. The zero-order chi connectivity index (χ0) is 9.26. The van der Waals surface area contributed by atoms with Gasteiger partial charge in [0.2, 0.25) is 5.88 Å². The van der Waals surface area contributed by atoms with Gasteiger partial charge in [0.1, 0.15) is 5.57 Å². The maximum Gasteiger partial charge on any atom is 0.301 e. The minimum absolute atomic E-state index is 0.167. The molecule has 0 atom stereocenters. The fraction of sp³-hybridized carbons (Fsp3) is 0. The van der Waals surface area contributed by atoms with E-state index in [1.165, 1.54) is 0 Å². The van der Waals surface area contributed by atoms with E-state index in [0.29, 0.717) is 5.56 Å². The molecule has 0 unspecified atom stereocenters. The number of aliphatic hydroxyl groups excluding tert-OH is 1. The highest BCUT2D eigenvalue weighted by Crippen LogP contribution is 2.24. The molecule has 0 fully saturated rings. The molecule has 0 bridgehead atoms. The van der Waals surface area contributed by atoms with Crippen LogP contribution in [0.5, 0.6) is 0 Å². The van der Waals surface area contributed by atoms with Crippen LogP contribution in [0.15, 0.2) is 46.4 Å². The molecule has 1 heterocycles. The third kappa shape index (κ3) is 1.22.